The Bertz CT molecular complexity index is 712. The molecule has 0 aliphatic rings. The molecule has 1 heterocycles. The summed E-state index contributed by atoms with van der Waals surface area (Å²) in [7, 11) is 0. The average Bonchev–Trinajstić information content (AvgIpc) is 2.39. The Kier molecular flexibility index (Phi) is 2.90. The number of aromatic nitrogens is 2. The molecule has 18 heavy (non-hydrogen) atoms. The van der Waals surface area contributed by atoms with Gasteiger partial charge in [-0.25, -0.2) is 9.97 Å². The van der Waals surface area contributed by atoms with Crippen LogP contribution in [0.25, 0.3) is 22.0 Å². The van der Waals surface area contributed by atoms with Crippen LogP contribution in [0, 0.1) is 0 Å². The maximum Gasteiger partial charge on any atom is 0.224 e. The van der Waals surface area contributed by atoms with Crippen molar-refractivity contribution in [3.05, 3.63) is 59.0 Å². The van der Waals surface area contributed by atoms with Gasteiger partial charge in [0.15, 0.2) is 0 Å². The molecule has 0 radical (unpaired) electrons. The van der Waals surface area contributed by atoms with Crippen LogP contribution < -0.4 is 0 Å². The molecule has 0 saturated carbocycles. The zero-order valence-electron chi connectivity index (χ0n) is 9.27. The van der Waals surface area contributed by atoms with Gasteiger partial charge in [0.1, 0.15) is 5.15 Å². The number of hydrogen-bond acceptors (Lipinski definition) is 2. The summed E-state index contributed by atoms with van der Waals surface area (Å²) in [6.07, 6.45) is 0. The van der Waals surface area contributed by atoms with Crippen molar-refractivity contribution in [2.75, 3.05) is 0 Å². The molecule has 0 unspecified atom stereocenters. The molecular formula is C14H8Cl2N2. The lowest BCUT2D eigenvalue weighted by Gasteiger charge is -2.05. The molecule has 0 spiro atoms. The zero-order valence-corrected chi connectivity index (χ0v) is 10.8. The Morgan fingerprint density at radius 2 is 1.56 bits per heavy atom. The van der Waals surface area contributed by atoms with Crippen LogP contribution in [0.3, 0.4) is 0 Å². The van der Waals surface area contributed by atoms with Gasteiger partial charge in [0.25, 0.3) is 0 Å². The molecule has 0 amide bonds. The van der Waals surface area contributed by atoms with E-state index < -0.39 is 0 Å². The van der Waals surface area contributed by atoms with Gasteiger partial charge in [-0.3, -0.25) is 0 Å². The number of benzene rings is 2. The van der Waals surface area contributed by atoms with Gasteiger partial charge in [0.05, 0.1) is 5.52 Å². The molecule has 0 N–H and O–H groups in total. The number of hydrogen-bond donors (Lipinski definition) is 0. The van der Waals surface area contributed by atoms with Crippen LogP contribution in [0.15, 0.2) is 48.5 Å². The predicted octanol–water partition coefficient (Wildman–Crippen LogP) is 4.60. The van der Waals surface area contributed by atoms with Crippen molar-refractivity contribution >= 4 is 34.1 Å². The van der Waals surface area contributed by atoms with E-state index in [-0.39, 0.29) is 5.28 Å². The van der Waals surface area contributed by atoms with Gasteiger partial charge in [0.2, 0.25) is 5.28 Å². The quantitative estimate of drug-likeness (QED) is 0.479. The smallest absolute Gasteiger partial charge is 0.218 e. The van der Waals surface area contributed by atoms with Gasteiger partial charge in [-0.1, -0.05) is 48.0 Å². The van der Waals surface area contributed by atoms with Gasteiger partial charge in [-0.05, 0) is 34.9 Å². The summed E-state index contributed by atoms with van der Waals surface area (Å²) in [4.78, 5) is 8.10. The normalized spacial score (nSPS) is 10.8. The first-order valence-corrected chi connectivity index (χ1v) is 6.18. The monoisotopic (exact) mass is 274 g/mol. The first-order valence-electron chi connectivity index (χ1n) is 5.42. The van der Waals surface area contributed by atoms with Crippen LogP contribution in [0.4, 0.5) is 0 Å². The van der Waals surface area contributed by atoms with Crippen molar-refractivity contribution in [1.29, 1.82) is 0 Å². The van der Waals surface area contributed by atoms with E-state index in [4.69, 9.17) is 23.2 Å². The molecule has 88 valence electrons. The summed E-state index contributed by atoms with van der Waals surface area (Å²) < 4.78 is 0. The highest BCUT2D eigenvalue weighted by Crippen LogP contribution is 2.27. The second-order valence-corrected chi connectivity index (χ2v) is 4.58. The molecule has 1 aromatic heterocycles. The Labute approximate surface area is 114 Å². The van der Waals surface area contributed by atoms with Crippen LogP contribution in [-0.4, -0.2) is 9.97 Å². The van der Waals surface area contributed by atoms with E-state index in [1.54, 1.807) is 0 Å². The minimum atomic E-state index is 0.167. The fourth-order valence-corrected chi connectivity index (χ4v) is 2.32. The highest BCUT2D eigenvalue weighted by atomic mass is 35.5. The van der Waals surface area contributed by atoms with Crippen molar-refractivity contribution in [2.45, 2.75) is 0 Å². The molecule has 0 atom stereocenters. The SMILES string of the molecule is Clc1nc(Cl)c2cc(-c3ccccc3)ccc2n1. The Hall–Kier alpha value is -1.64. The van der Waals surface area contributed by atoms with Crippen LogP contribution in [0.1, 0.15) is 0 Å². The predicted molar refractivity (Wildman–Crippen MR) is 75.0 cm³/mol. The van der Waals surface area contributed by atoms with Gasteiger partial charge in [0, 0.05) is 5.39 Å². The Morgan fingerprint density at radius 3 is 2.33 bits per heavy atom. The fourth-order valence-electron chi connectivity index (χ4n) is 1.87. The summed E-state index contributed by atoms with van der Waals surface area (Å²) in [5, 5.41) is 1.35. The van der Waals surface area contributed by atoms with Crippen molar-refractivity contribution in [2.24, 2.45) is 0 Å². The minimum absolute atomic E-state index is 0.167. The highest BCUT2D eigenvalue weighted by Gasteiger charge is 2.06. The number of rotatable bonds is 1. The van der Waals surface area contributed by atoms with Gasteiger partial charge in [-0.15, -0.1) is 0 Å². The van der Waals surface area contributed by atoms with E-state index in [0.29, 0.717) is 5.15 Å². The molecule has 2 nitrogen and oxygen atoms in total. The van der Waals surface area contributed by atoms with Crippen LogP contribution in [0.5, 0.6) is 0 Å². The molecule has 4 heteroatoms. The van der Waals surface area contributed by atoms with Crippen molar-refractivity contribution in [1.82, 2.24) is 9.97 Å². The van der Waals surface area contributed by atoms with Crippen molar-refractivity contribution in [3.63, 3.8) is 0 Å². The Balaban J connectivity index is 2.23. The van der Waals surface area contributed by atoms with Crippen LogP contribution in [0.2, 0.25) is 10.4 Å². The number of fused-ring (bicyclic) bond motifs is 1. The summed E-state index contributed by atoms with van der Waals surface area (Å²) in [5.41, 5.74) is 2.96. The lowest BCUT2D eigenvalue weighted by atomic mass is 10.0. The first kappa shape index (κ1) is 11.5. The van der Waals surface area contributed by atoms with Gasteiger partial charge in [-0.2, -0.15) is 0 Å². The summed E-state index contributed by atoms with van der Waals surface area (Å²) in [6, 6.07) is 16.0. The van der Waals surface area contributed by atoms with E-state index in [0.717, 1.165) is 22.0 Å². The Morgan fingerprint density at radius 1 is 0.778 bits per heavy atom. The van der Waals surface area contributed by atoms with E-state index in [9.17, 15) is 0 Å². The summed E-state index contributed by atoms with van der Waals surface area (Å²) in [5.74, 6) is 0. The number of nitrogens with zero attached hydrogens (tertiary/aromatic N) is 2. The van der Waals surface area contributed by atoms with Crippen molar-refractivity contribution in [3.8, 4) is 11.1 Å². The molecule has 3 aromatic rings. The third-order valence-corrected chi connectivity index (χ3v) is 3.19. The molecule has 3 rings (SSSR count). The molecule has 2 aromatic carbocycles. The van der Waals surface area contributed by atoms with E-state index in [1.165, 1.54) is 0 Å². The second-order valence-electron chi connectivity index (χ2n) is 3.88. The topological polar surface area (TPSA) is 25.8 Å². The molecule has 0 aliphatic carbocycles. The van der Waals surface area contributed by atoms with Crippen LogP contribution in [-0.2, 0) is 0 Å². The molecule has 0 fully saturated rings. The third kappa shape index (κ3) is 2.05. The van der Waals surface area contributed by atoms with E-state index in [2.05, 4.69) is 9.97 Å². The summed E-state index contributed by atoms with van der Waals surface area (Å²) in [6.45, 7) is 0. The zero-order chi connectivity index (χ0) is 12.5. The highest BCUT2D eigenvalue weighted by molar-refractivity contribution is 6.35. The average molecular weight is 275 g/mol. The fraction of sp³-hybridized carbons (Fsp3) is 0. The number of halogens is 2. The van der Waals surface area contributed by atoms with E-state index >= 15 is 0 Å². The second kappa shape index (κ2) is 4.56. The lowest BCUT2D eigenvalue weighted by molar-refractivity contribution is 1.22. The van der Waals surface area contributed by atoms with E-state index in [1.807, 2.05) is 48.5 Å². The molecule has 0 bridgehead atoms. The van der Waals surface area contributed by atoms with Crippen LogP contribution >= 0.6 is 23.2 Å². The molecule has 0 saturated heterocycles. The molecule has 0 aliphatic heterocycles. The maximum absolute atomic E-state index is 6.09. The molecular weight excluding hydrogens is 267 g/mol. The van der Waals surface area contributed by atoms with Gasteiger partial charge < -0.3 is 0 Å². The minimum Gasteiger partial charge on any atom is -0.218 e. The van der Waals surface area contributed by atoms with Gasteiger partial charge >= 0.3 is 0 Å². The largest absolute Gasteiger partial charge is 0.224 e. The first-order chi connectivity index (χ1) is 8.74. The standard InChI is InChI=1S/C14H8Cl2N2/c15-13-11-8-10(9-4-2-1-3-5-9)6-7-12(11)17-14(16)18-13/h1-8H. The maximum atomic E-state index is 6.09. The third-order valence-electron chi connectivity index (χ3n) is 2.73. The lowest BCUT2D eigenvalue weighted by Crippen LogP contribution is -1.87. The summed E-state index contributed by atoms with van der Waals surface area (Å²) >= 11 is 11.9. The van der Waals surface area contributed by atoms with Crippen molar-refractivity contribution < 1.29 is 0 Å².